The first-order valence-electron chi connectivity index (χ1n) is 8.41. The van der Waals surface area contributed by atoms with Crippen molar-refractivity contribution in [2.75, 3.05) is 25.2 Å². The predicted molar refractivity (Wildman–Crippen MR) is 92.3 cm³/mol. The van der Waals surface area contributed by atoms with Gasteiger partial charge in [0.2, 0.25) is 0 Å². The number of hydrogen-bond acceptors (Lipinski definition) is 5. The molecule has 0 unspecified atom stereocenters. The van der Waals surface area contributed by atoms with Crippen molar-refractivity contribution in [3.63, 3.8) is 0 Å². The Morgan fingerprint density at radius 2 is 2.21 bits per heavy atom. The number of methoxy groups -OCH3 is 1. The minimum atomic E-state index is -5.15. The molecule has 150 valence electrons. The molecule has 1 amide bonds. The number of fused-ring (bicyclic) bond motifs is 1. The number of amides is 1. The van der Waals surface area contributed by atoms with Gasteiger partial charge in [0.05, 0.1) is 25.0 Å². The molecule has 8 nitrogen and oxygen atoms in total. The van der Waals surface area contributed by atoms with Crippen molar-refractivity contribution in [1.29, 1.82) is 5.26 Å². The van der Waals surface area contributed by atoms with Crippen LogP contribution in [0.2, 0.25) is 5.02 Å². The van der Waals surface area contributed by atoms with Gasteiger partial charge < -0.3 is 4.74 Å². The number of alkyl halides is 3. The summed E-state index contributed by atoms with van der Waals surface area (Å²) < 4.78 is 47.0. The Labute approximate surface area is 163 Å². The molecular formula is C16H16ClF3N6O2. The Morgan fingerprint density at radius 1 is 1.46 bits per heavy atom. The van der Waals surface area contributed by atoms with Gasteiger partial charge in [0, 0.05) is 13.7 Å². The summed E-state index contributed by atoms with van der Waals surface area (Å²) in [5.74, 6) is -2.41. The van der Waals surface area contributed by atoms with E-state index in [-0.39, 0.29) is 28.8 Å². The number of nitrogens with zero attached hydrogens (tertiary/aromatic N) is 6. The van der Waals surface area contributed by atoms with Gasteiger partial charge in [-0.15, -0.1) is 0 Å². The van der Waals surface area contributed by atoms with Crippen LogP contribution in [0.5, 0.6) is 0 Å². The normalized spacial score (nSPS) is 13.9. The van der Waals surface area contributed by atoms with Gasteiger partial charge in [0.25, 0.3) is 0 Å². The Hall–Kier alpha value is -2.58. The van der Waals surface area contributed by atoms with Crippen LogP contribution in [0.4, 0.5) is 19.0 Å². The standard InChI is InChI=1S/C16H16ClF3N6O2/c1-28-7-6-24(15(27)16(18,19)20)14-10(8-21)9-22-26(14)13-12(17)11-4-2-3-5-25(11)23-13/h9H,2-7H2,1H3. The van der Waals surface area contributed by atoms with E-state index in [0.29, 0.717) is 17.9 Å². The lowest BCUT2D eigenvalue weighted by atomic mass is 10.1. The SMILES string of the molecule is COCCN(C(=O)C(F)(F)F)c1c(C#N)cnn1-c1nn2c(c1Cl)CCCC2. The van der Waals surface area contributed by atoms with Crippen molar-refractivity contribution in [3.05, 3.63) is 22.5 Å². The number of hydrogen-bond donors (Lipinski definition) is 0. The van der Waals surface area contributed by atoms with Crippen molar-refractivity contribution in [1.82, 2.24) is 19.6 Å². The molecule has 28 heavy (non-hydrogen) atoms. The lowest BCUT2D eigenvalue weighted by Crippen LogP contribution is -2.44. The van der Waals surface area contributed by atoms with E-state index < -0.39 is 18.6 Å². The fourth-order valence-corrected chi connectivity index (χ4v) is 3.36. The zero-order valence-electron chi connectivity index (χ0n) is 14.8. The van der Waals surface area contributed by atoms with Gasteiger partial charge in [-0.2, -0.15) is 33.3 Å². The Kier molecular flexibility index (Phi) is 5.62. The lowest BCUT2D eigenvalue weighted by molar-refractivity contribution is -0.170. The van der Waals surface area contributed by atoms with E-state index in [1.807, 2.05) is 0 Å². The van der Waals surface area contributed by atoms with Gasteiger partial charge in [0.1, 0.15) is 16.7 Å². The van der Waals surface area contributed by atoms with E-state index in [0.717, 1.165) is 29.4 Å². The highest BCUT2D eigenvalue weighted by Gasteiger charge is 2.45. The summed E-state index contributed by atoms with van der Waals surface area (Å²) in [5, 5.41) is 17.9. The molecule has 0 radical (unpaired) electrons. The van der Waals surface area contributed by atoms with E-state index in [1.165, 1.54) is 7.11 Å². The largest absolute Gasteiger partial charge is 0.471 e. The summed E-state index contributed by atoms with van der Waals surface area (Å²) in [5.41, 5.74) is 0.532. The van der Waals surface area contributed by atoms with Crippen LogP contribution in [0.15, 0.2) is 6.20 Å². The molecule has 0 saturated carbocycles. The number of nitriles is 1. The number of aromatic nitrogens is 4. The molecule has 0 bridgehead atoms. The van der Waals surface area contributed by atoms with Gasteiger partial charge in [-0.3, -0.25) is 14.4 Å². The number of halogens is 4. The Balaban J connectivity index is 2.15. The van der Waals surface area contributed by atoms with Crippen LogP contribution >= 0.6 is 11.6 Å². The van der Waals surface area contributed by atoms with E-state index in [4.69, 9.17) is 16.3 Å². The molecule has 3 heterocycles. The summed E-state index contributed by atoms with van der Waals surface area (Å²) in [6, 6.07) is 1.77. The Bertz CT molecular complexity index is 930. The molecule has 0 aliphatic carbocycles. The number of carbonyl (C=O) groups excluding carboxylic acids is 1. The molecule has 12 heteroatoms. The predicted octanol–water partition coefficient (Wildman–Crippen LogP) is 2.47. The number of rotatable bonds is 5. The summed E-state index contributed by atoms with van der Waals surface area (Å²) in [6.45, 7) is 0.0112. The highest BCUT2D eigenvalue weighted by molar-refractivity contribution is 6.33. The second-order valence-electron chi connectivity index (χ2n) is 6.12. The fourth-order valence-electron chi connectivity index (χ4n) is 3.05. The van der Waals surface area contributed by atoms with Gasteiger partial charge in [0.15, 0.2) is 11.6 Å². The molecule has 0 N–H and O–H groups in total. The molecule has 3 rings (SSSR count). The van der Waals surface area contributed by atoms with Crippen molar-refractivity contribution < 1.29 is 22.7 Å². The van der Waals surface area contributed by atoms with Crippen molar-refractivity contribution in [2.45, 2.75) is 32.0 Å². The number of ether oxygens (including phenoxy) is 1. The van der Waals surface area contributed by atoms with Crippen molar-refractivity contribution in [2.24, 2.45) is 0 Å². The zero-order valence-corrected chi connectivity index (χ0v) is 15.6. The number of aryl methyl sites for hydroxylation is 1. The maximum absolute atomic E-state index is 13.2. The molecular weight excluding hydrogens is 401 g/mol. The van der Waals surface area contributed by atoms with Crippen molar-refractivity contribution in [3.8, 4) is 11.9 Å². The minimum absolute atomic E-state index is 0.0763. The van der Waals surface area contributed by atoms with E-state index in [9.17, 15) is 23.2 Å². The fraction of sp³-hybridized carbons (Fsp3) is 0.500. The zero-order chi connectivity index (χ0) is 20.5. The van der Waals surface area contributed by atoms with Crippen LogP contribution in [-0.4, -0.2) is 51.9 Å². The molecule has 2 aromatic rings. The quantitative estimate of drug-likeness (QED) is 0.747. The van der Waals surface area contributed by atoms with Crippen LogP contribution in [-0.2, 0) is 22.5 Å². The minimum Gasteiger partial charge on any atom is -0.383 e. The topological polar surface area (TPSA) is 89.0 Å². The van der Waals surface area contributed by atoms with Crippen LogP contribution in [0, 0.1) is 11.3 Å². The highest BCUT2D eigenvalue weighted by atomic mass is 35.5. The third-order valence-electron chi connectivity index (χ3n) is 4.34. The Morgan fingerprint density at radius 3 is 2.82 bits per heavy atom. The van der Waals surface area contributed by atoms with Gasteiger partial charge in [-0.05, 0) is 19.3 Å². The van der Waals surface area contributed by atoms with Crippen LogP contribution in [0.25, 0.3) is 5.82 Å². The smallest absolute Gasteiger partial charge is 0.383 e. The molecule has 0 saturated heterocycles. The van der Waals surface area contributed by atoms with E-state index in [1.54, 1.807) is 10.8 Å². The van der Waals surface area contributed by atoms with Crippen LogP contribution in [0.3, 0.4) is 0 Å². The molecule has 2 aromatic heterocycles. The maximum Gasteiger partial charge on any atom is 0.471 e. The van der Waals surface area contributed by atoms with Gasteiger partial charge >= 0.3 is 12.1 Å². The summed E-state index contributed by atoms with van der Waals surface area (Å²) in [6.07, 6.45) is -1.60. The summed E-state index contributed by atoms with van der Waals surface area (Å²) in [7, 11) is 1.29. The van der Waals surface area contributed by atoms with Gasteiger partial charge in [-0.25, -0.2) is 0 Å². The first kappa shape index (κ1) is 20.2. The lowest BCUT2D eigenvalue weighted by Gasteiger charge is -2.24. The van der Waals surface area contributed by atoms with Crippen LogP contribution < -0.4 is 4.90 Å². The molecule has 1 aliphatic heterocycles. The summed E-state index contributed by atoms with van der Waals surface area (Å²) in [4.78, 5) is 12.5. The first-order valence-corrected chi connectivity index (χ1v) is 8.78. The number of carbonyl (C=O) groups is 1. The molecule has 0 spiro atoms. The number of anilines is 1. The second-order valence-corrected chi connectivity index (χ2v) is 6.50. The van der Waals surface area contributed by atoms with Crippen molar-refractivity contribution >= 4 is 23.3 Å². The third kappa shape index (κ3) is 3.57. The molecule has 0 fully saturated rings. The van der Waals surface area contributed by atoms with E-state index in [2.05, 4.69) is 10.2 Å². The maximum atomic E-state index is 13.2. The average Bonchev–Trinajstić information content (AvgIpc) is 3.22. The van der Waals surface area contributed by atoms with Crippen LogP contribution in [0.1, 0.15) is 24.1 Å². The second kappa shape index (κ2) is 7.81. The first-order chi connectivity index (χ1) is 13.3. The monoisotopic (exact) mass is 416 g/mol. The molecule has 0 atom stereocenters. The summed E-state index contributed by atoms with van der Waals surface area (Å²) >= 11 is 6.40. The van der Waals surface area contributed by atoms with E-state index >= 15 is 0 Å². The molecule has 1 aliphatic rings. The average molecular weight is 417 g/mol. The third-order valence-corrected chi connectivity index (χ3v) is 4.72. The van der Waals surface area contributed by atoms with Gasteiger partial charge in [-0.1, -0.05) is 11.6 Å². The molecule has 0 aromatic carbocycles. The highest BCUT2D eigenvalue weighted by Crippen LogP contribution is 2.33.